The Balaban J connectivity index is 2.09. The number of carbonyl (C=O) groups excluding carboxylic acids is 2. The van der Waals surface area contributed by atoms with Gasteiger partial charge in [-0.25, -0.2) is 0 Å². The molecule has 2 amide bonds. The quantitative estimate of drug-likeness (QED) is 0.795. The van der Waals surface area contributed by atoms with E-state index in [-0.39, 0.29) is 23.8 Å². The van der Waals surface area contributed by atoms with Crippen LogP contribution < -0.4 is 16.4 Å². The third kappa shape index (κ3) is 3.82. The van der Waals surface area contributed by atoms with Gasteiger partial charge in [-0.1, -0.05) is 19.4 Å². The molecule has 0 aliphatic heterocycles. The Morgan fingerprint density at radius 2 is 2.05 bits per heavy atom. The number of benzene rings is 1. The maximum absolute atomic E-state index is 12.3. The summed E-state index contributed by atoms with van der Waals surface area (Å²) >= 11 is 0. The maximum Gasteiger partial charge on any atom is 0.229 e. The second-order valence-electron chi connectivity index (χ2n) is 5.62. The van der Waals surface area contributed by atoms with Crippen LogP contribution in [0.2, 0.25) is 0 Å². The second-order valence-corrected chi connectivity index (χ2v) is 5.62. The van der Waals surface area contributed by atoms with E-state index < -0.39 is 0 Å². The first-order chi connectivity index (χ1) is 10.0. The first kappa shape index (κ1) is 15.5. The summed E-state index contributed by atoms with van der Waals surface area (Å²) in [5.74, 6) is -0.186. The molecule has 0 bridgehead atoms. The summed E-state index contributed by atoms with van der Waals surface area (Å²) in [4.78, 5) is 23.7. The van der Waals surface area contributed by atoms with E-state index in [1.807, 2.05) is 19.1 Å². The summed E-state index contributed by atoms with van der Waals surface area (Å²) in [6.07, 6.45) is 3.18. The van der Waals surface area contributed by atoms with Crippen molar-refractivity contribution in [1.29, 1.82) is 0 Å². The normalized spacial score (nSPS) is 21.1. The Morgan fingerprint density at radius 3 is 2.67 bits per heavy atom. The minimum atomic E-state index is -0.113. The largest absolute Gasteiger partial charge is 0.327 e. The van der Waals surface area contributed by atoms with Crippen molar-refractivity contribution in [3.63, 3.8) is 0 Å². The molecular weight excluding hydrogens is 266 g/mol. The van der Waals surface area contributed by atoms with Crippen LogP contribution in [0.15, 0.2) is 18.2 Å². The zero-order valence-corrected chi connectivity index (χ0v) is 12.6. The first-order valence-corrected chi connectivity index (χ1v) is 7.48. The van der Waals surface area contributed by atoms with Crippen LogP contribution in [0.1, 0.15) is 38.2 Å². The van der Waals surface area contributed by atoms with Gasteiger partial charge in [0.2, 0.25) is 11.8 Å². The average Bonchev–Trinajstić information content (AvgIpc) is 2.88. The lowest BCUT2D eigenvalue weighted by Gasteiger charge is -2.17. The van der Waals surface area contributed by atoms with Gasteiger partial charge in [-0.3, -0.25) is 9.59 Å². The predicted molar refractivity (Wildman–Crippen MR) is 84.0 cm³/mol. The van der Waals surface area contributed by atoms with E-state index in [0.29, 0.717) is 12.1 Å². The van der Waals surface area contributed by atoms with Crippen LogP contribution in [-0.2, 0) is 9.59 Å². The third-order valence-corrected chi connectivity index (χ3v) is 4.01. The van der Waals surface area contributed by atoms with Crippen LogP contribution in [-0.4, -0.2) is 17.9 Å². The van der Waals surface area contributed by atoms with Gasteiger partial charge < -0.3 is 16.4 Å². The van der Waals surface area contributed by atoms with Crippen molar-refractivity contribution in [3.8, 4) is 0 Å². The van der Waals surface area contributed by atoms with E-state index in [4.69, 9.17) is 5.73 Å². The van der Waals surface area contributed by atoms with Gasteiger partial charge in [0.05, 0.1) is 5.92 Å². The molecule has 0 spiro atoms. The highest BCUT2D eigenvalue weighted by Gasteiger charge is 2.30. The van der Waals surface area contributed by atoms with Crippen LogP contribution >= 0.6 is 0 Å². The summed E-state index contributed by atoms with van der Waals surface area (Å²) in [6.45, 7) is 3.73. The highest BCUT2D eigenvalue weighted by Crippen LogP contribution is 2.27. The lowest BCUT2D eigenvalue weighted by atomic mass is 10.0. The molecule has 1 aromatic carbocycles. The van der Waals surface area contributed by atoms with Gasteiger partial charge in [-0.05, 0) is 37.5 Å². The summed E-state index contributed by atoms with van der Waals surface area (Å²) < 4.78 is 0. The number of anilines is 2. The SMILES string of the molecule is CCC(=O)Nc1ccc(C)c(NC(=O)C2CCCC2N)c1. The maximum atomic E-state index is 12.3. The summed E-state index contributed by atoms with van der Waals surface area (Å²) in [5.41, 5.74) is 8.35. The van der Waals surface area contributed by atoms with E-state index in [2.05, 4.69) is 10.6 Å². The number of aryl methyl sites for hydroxylation is 1. The molecule has 1 aromatic rings. The lowest BCUT2D eigenvalue weighted by molar-refractivity contribution is -0.120. The van der Waals surface area contributed by atoms with Gasteiger partial charge in [-0.15, -0.1) is 0 Å². The number of rotatable bonds is 4. The molecule has 0 saturated heterocycles. The molecule has 1 saturated carbocycles. The second kappa shape index (κ2) is 6.72. The average molecular weight is 289 g/mol. The smallest absolute Gasteiger partial charge is 0.229 e. The molecule has 1 aliphatic rings. The highest BCUT2D eigenvalue weighted by atomic mass is 16.2. The van der Waals surface area contributed by atoms with Gasteiger partial charge >= 0.3 is 0 Å². The van der Waals surface area contributed by atoms with Crippen LogP contribution in [0, 0.1) is 12.8 Å². The van der Waals surface area contributed by atoms with Crippen LogP contribution in [0.5, 0.6) is 0 Å². The lowest BCUT2D eigenvalue weighted by Crippen LogP contribution is -2.34. The number of carbonyl (C=O) groups is 2. The van der Waals surface area contributed by atoms with Gasteiger partial charge in [0.15, 0.2) is 0 Å². The molecule has 114 valence electrons. The summed E-state index contributed by atoms with van der Waals surface area (Å²) in [7, 11) is 0. The molecular formula is C16H23N3O2. The number of hydrogen-bond acceptors (Lipinski definition) is 3. The molecule has 4 N–H and O–H groups in total. The van der Waals surface area contributed by atoms with Crippen molar-refractivity contribution < 1.29 is 9.59 Å². The fraction of sp³-hybridized carbons (Fsp3) is 0.500. The first-order valence-electron chi connectivity index (χ1n) is 7.48. The van der Waals surface area contributed by atoms with Crippen molar-refractivity contribution in [2.45, 2.75) is 45.6 Å². The predicted octanol–water partition coefficient (Wildman–Crippen LogP) is 2.41. The third-order valence-electron chi connectivity index (χ3n) is 4.01. The van der Waals surface area contributed by atoms with E-state index in [1.54, 1.807) is 13.0 Å². The standard InChI is InChI=1S/C16H23N3O2/c1-3-15(20)18-11-8-7-10(2)14(9-11)19-16(21)12-5-4-6-13(12)17/h7-9,12-13H,3-6,17H2,1-2H3,(H,18,20)(H,19,21). The van der Waals surface area contributed by atoms with Crippen molar-refractivity contribution in [2.75, 3.05) is 10.6 Å². The van der Waals surface area contributed by atoms with Gasteiger partial charge in [0.1, 0.15) is 0 Å². The molecule has 0 radical (unpaired) electrons. The minimum Gasteiger partial charge on any atom is -0.327 e. The zero-order chi connectivity index (χ0) is 15.4. The number of nitrogens with one attached hydrogen (secondary N) is 2. The zero-order valence-electron chi connectivity index (χ0n) is 12.6. The molecule has 2 unspecified atom stereocenters. The fourth-order valence-electron chi connectivity index (χ4n) is 2.62. The fourth-order valence-corrected chi connectivity index (χ4v) is 2.62. The molecule has 5 nitrogen and oxygen atoms in total. The van der Waals surface area contributed by atoms with Gasteiger partial charge in [0.25, 0.3) is 0 Å². The molecule has 0 aromatic heterocycles. The summed E-state index contributed by atoms with van der Waals surface area (Å²) in [6, 6.07) is 5.46. The van der Waals surface area contributed by atoms with E-state index >= 15 is 0 Å². The molecule has 2 atom stereocenters. The van der Waals surface area contributed by atoms with Crippen LogP contribution in [0.3, 0.4) is 0 Å². The Morgan fingerprint density at radius 1 is 1.29 bits per heavy atom. The topological polar surface area (TPSA) is 84.2 Å². The van der Waals surface area contributed by atoms with Crippen LogP contribution in [0.25, 0.3) is 0 Å². The van der Waals surface area contributed by atoms with Gasteiger partial charge in [0, 0.05) is 23.8 Å². The monoisotopic (exact) mass is 289 g/mol. The van der Waals surface area contributed by atoms with Crippen molar-refractivity contribution >= 4 is 23.2 Å². The molecule has 1 aliphatic carbocycles. The Kier molecular flexibility index (Phi) is 4.96. The van der Waals surface area contributed by atoms with E-state index in [9.17, 15) is 9.59 Å². The van der Waals surface area contributed by atoms with Crippen molar-refractivity contribution in [2.24, 2.45) is 11.7 Å². The molecule has 0 heterocycles. The number of nitrogens with two attached hydrogens (primary N) is 1. The van der Waals surface area contributed by atoms with Crippen molar-refractivity contribution in [3.05, 3.63) is 23.8 Å². The van der Waals surface area contributed by atoms with E-state index in [0.717, 1.165) is 30.5 Å². The van der Waals surface area contributed by atoms with Crippen molar-refractivity contribution in [1.82, 2.24) is 0 Å². The Bertz CT molecular complexity index is 542. The van der Waals surface area contributed by atoms with E-state index in [1.165, 1.54) is 0 Å². The molecule has 2 rings (SSSR count). The molecule has 21 heavy (non-hydrogen) atoms. The summed E-state index contributed by atoms with van der Waals surface area (Å²) in [5, 5.41) is 5.74. The molecule has 1 fully saturated rings. The van der Waals surface area contributed by atoms with Crippen LogP contribution in [0.4, 0.5) is 11.4 Å². The highest BCUT2D eigenvalue weighted by molar-refractivity contribution is 5.96. The number of amides is 2. The van der Waals surface area contributed by atoms with Gasteiger partial charge in [-0.2, -0.15) is 0 Å². The Hall–Kier alpha value is -1.88. The molecule has 5 heteroatoms. The Labute approximate surface area is 125 Å². The minimum absolute atomic E-state index is 0.0259. The number of hydrogen-bond donors (Lipinski definition) is 3.